The van der Waals surface area contributed by atoms with Crippen molar-refractivity contribution in [2.24, 2.45) is 11.8 Å². The van der Waals surface area contributed by atoms with Crippen molar-refractivity contribution in [1.82, 2.24) is 19.3 Å². The minimum absolute atomic E-state index is 0.177. The van der Waals surface area contributed by atoms with E-state index in [4.69, 9.17) is 42.4 Å². The maximum Gasteiger partial charge on any atom is 0.333 e. The lowest BCUT2D eigenvalue weighted by Gasteiger charge is -2.47. The summed E-state index contributed by atoms with van der Waals surface area (Å²) in [6.45, 7) is 9.92. The van der Waals surface area contributed by atoms with Crippen molar-refractivity contribution >= 4 is 56.9 Å². The Hall–Kier alpha value is -3.12. The summed E-state index contributed by atoms with van der Waals surface area (Å²) in [5.74, 6) is 0.436. The number of fused-ring (bicyclic) bond motifs is 4. The van der Waals surface area contributed by atoms with Crippen LogP contribution in [0.5, 0.6) is 0 Å². The van der Waals surface area contributed by atoms with E-state index < -0.39 is 11.9 Å². The molecule has 2 aromatic carbocycles. The van der Waals surface area contributed by atoms with Crippen LogP contribution in [0.1, 0.15) is 86.5 Å². The second-order valence-corrected chi connectivity index (χ2v) is 16.6. The van der Waals surface area contributed by atoms with Gasteiger partial charge in [-0.2, -0.15) is 9.46 Å². The zero-order valence-corrected chi connectivity index (χ0v) is 33.3. The number of piperidine rings is 2. The highest BCUT2D eigenvalue weighted by Gasteiger charge is 2.44. The molecule has 0 saturated carbocycles. The van der Waals surface area contributed by atoms with Gasteiger partial charge in [-0.15, -0.1) is 0 Å². The molecule has 0 amide bonds. The summed E-state index contributed by atoms with van der Waals surface area (Å²) in [5, 5.41) is 2.96. The molecule has 2 aliphatic heterocycles. The molecular formula is C42H52Cl2N4O6. The first kappa shape index (κ1) is 37.8. The number of aromatic nitrogens is 2. The maximum absolute atomic E-state index is 13.4. The monoisotopic (exact) mass is 778 g/mol. The number of hydrogen-bond donors (Lipinski definition) is 0. The standard InChI is InChI=1S/C42H52Cl2N4O6/c1-5-15-45-21-25(23-51-3)17-29-27-9-7-11-33-39(27)31(19-35(29)45)41(43)47(33)53-37(49)13-14-38(50)54-48-34-12-8-10-28-30-18-26(24-52-4)22-46(16-6-2)36(30)20-32(40(28)34)42(48)44/h7-12,25-26,29-30,35-36H,5-6,13-24H2,1-4H3/t25?,26?,29-,30-,35-,36-/m0/s1. The minimum atomic E-state index is -0.567. The topological polar surface area (TPSA) is 87.4 Å². The second-order valence-electron chi connectivity index (χ2n) is 15.9. The van der Waals surface area contributed by atoms with Crippen molar-refractivity contribution in [3.63, 3.8) is 0 Å². The van der Waals surface area contributed by atoms with Crippen molar-refractivity contribution in [3.8, 4) is 0 Å². The van der Waals surface area contributed by atoms with Crippen molar-refractivity contribution in [2.75, 3.05) is 53.6 Å². The highest BCUT2D eigenvalue weighted by Crippen LogP contribution is 2.49. The Balaban J connectivity index is 0.984. The van der Waals surface area contributed by atoms with E-state index in [2.05, 4.69) is 35.8 Å². The van der Waals surface area contributed by atoms with Crippen molar-refractivity contribution < 1.29 is 28.7 Å². The van der Waals surface area contributed by atoms with Gasteiger partial charge in [0, 0.05) is 73.1 Å². The van der Waals surface area contributed by atoms with E-state index in [-0.39, 0.29) is 12.8 Å². The van der Waals surface area contributed by atoms with Gasteiger partial charge in [0.1, 0.15) is 0 Å². The summed E-state index contributed by atoms with van der Waals surface area (Å²) < 4.78 is 14.1. The third-order valence-electron chi connectivity index (χ3n) is 12.4. The highest BCUT2D eigenvalue weighted by atomic mass is 35.5. The third kappa shape index (κ3) is 6.64. The van der Waals surface area contributed by atoms with Crippen LogP contribution in [0, 0.1) is 11.8 Å². The molecule has 12 heteroatoms. The second kappa shape index (κ2) is 15.8. The smallest absolute Gasteiger partial charge is 0.333 e. The number of nitrogens with zero attached hydrogens (tertiary/aromatic N) is 4. The molecule has 4 heterocycles. The van der Waals surface area contributed by atoms with E-state index in [1.165, 1.54) is 20.6 Å². The van der Waals surface area contributed by atoms with E-state index in [9.17, 15) is 9.59 Å². The van der Waals surface area contributed by atoms with Crippen molar-refractivity contribution in [3.05, 3.63) is 69.0 Å². The number of ether oxygens (including phenoxy) is 2. The molecule has 0 radical (unpaired) electrons. The van der Waals surface area contributed by atoms with Crippen LogP contribution in [-0.4, -0.2) is 96.9 Å². The summed E-state index contributed by atoms with van der Waals surface area (Å²) in [7, 11) is 3.55. The molecule has 2 fully saturated rings. The first-order valence-electron chi connectivity index (χ1n) is 19.8. The SMILES string of the molecule is CCCN1CC(COC)C[C@H]2c3cccc4c3c(c(Cl)n4OC(=O)CCC(=O)On3c(Cl)c4c5c(cccc53)[C@@H]3CC(COC)CN(CCC)[C@H]3C4)C[C@@H]21. The number of carbonyl (C=O) groups excluding carboxylic acids is 2. The largest absolute Gasteiger partial charge is 0.384 e. The molecule has 2 unspecified atom stereocenters. The van der Waals surface area contributed by atoms with Crippen LogP contribution in [0.4, 0.5) is 0 Å². The average Bonchev–Trinajstić information content (AvgIpc) is 3.58. The molecule has 2 saturated heterocycles. The molecule has 4 aromatic rings. The van der Waals surface area contributed by atoms with E-state index in [1.807, 2.05) is 24.3 Å². The van der Waals surface area contributed by atoms with Gasteiger partial charge in [0.25, 0.3) is 0 Å². The fraction of sp³-hybridized carbons (Fsp3) is 0.571. The number of methoxy groups -OCH3 is 2. The zero-order chi connectivity index (χ0) is 37.7. The average molecular weight is 780 g/mol. The summed E-state index contributed by atoms with van der Waals surface area (Å²) in [5.41, 5.74) is 6.05. The van der Waals surface area contributed by atoms with Crippen LogP contribution in [0.25, 0.3) is 21.8 Å². The molecule has 2 aromatic heterocycles. The molecule has 8 rings (SSSR count). The summed E-state index contributed by atoms with van der Waals surface area (Å²) in [4.78, 5) is 43.8. The van der Waals surface area contributed by atoms with E-state index >= 15 is 0 Å². The highest BCUT2D eigenvalue weighted by molar-refractivity contribution is 6.32. The Morgan fingerprint density at radius 3 is 1.50 bits per heavy atom. The van der Waals surface area contributed by atoms with Crippen molar-refractivity contribution in [1.29, 1.82) is 0 Å². The first-order valence-corrected chi connectivity index (χ1v) is 20.5. The van der Waals surface area contributed by atoms with Gasteiger partial charge in [0.2, 0.25) is 0 Å². The zero-order valence-electron chi connectivity index (χ0n) is 31.8. The molecule has 0 spiro atoms. The maximum atomic E-state index is 13.4. The summed E-state index contributed by atoms with van der Waals surface area (Å²) in [6.07, 6.45) is 5.44. The Morgan fingerprint density at radius 2 is 1.11 bits per heavy atom. The molecular weight excluding hydrogens is 727 g/mol. The molecule has 10 nitrogen and oxygen atoms in total. The van der Waals surface area contributed by atoms with Gasteiger partial charge in [0.15, 0.2) is 10.3 Å². The lowest BCUT2D eigenvalue weighted by atomic mass is 9.72. The molecule has 6 atom stereocenters. The number of halogens is 2. The van der Waals surface area contributed by atoms with Crippen LogP contribution in [0.3, 0.4) is 0 Å². The number of hydrogen-bond acceptors (Lipinski definition) is 8. The Kier molecular flexibility index (Phi) is 11.0. The molecule has 0 N–H and O–H groups in total. The first-order chi connectivity index (χ1) is 26.3. The Morgan fingerprint density at radius 1 is 0.685 bits per heavy atom. The molecule has 4 aliphatic rings. The van der Waals surface area contributed by atoms with Gasteiger partial charge in [-0.05, 0) is 86.7 Å². The fourth-order valence-corrected chi connectivity index (χ4v) is 11.1. The van der Waals surface area contributed by atoms with Gasteiger partial charge >= 0.3 is 11.9 Å². The number of rotatable bonds is 13. The predicted octanol–water partition coefficient (Wildman–Crippen LogP) is 7.07. The lowest BCUT2D eigenvalue weighted by Crippen LogP contribution is -2.51. The van der Waals surface area contributed by atoms with E-state index in [1.54, 1.807) is 14.2 Å². The third-order valence-corrected chi connectivity index (χ3v) is 13.2. The van der Waals surface area contributed by atoms with Crippen LogP contribution in [0.15, 0.2) is 36.4 Å². The molecule has 290 valence electrons. The van der Waals surface area contributed by atoms with E-state index in [0.29, 0.717) is 46.1 Å². The Labute approximate surface area is 327 Å². The molecule has 2 aliphatic carbocycles. The number of likely N-dealkylation sites (tertiary alicyclic amines) is 2. The summed E-state index contributed by atoms with van der Waals surface area (Å²) in [6, 6.07) is 13.0. The summed E-state index contributed by atoms with van der Waals surface area (Å²) >= 11 is 14.1. The normalized spacial score (nSPS) is 25.1. The fourth-order valence-electron chi connectivity index (χ4n) is 10.5. The van der Waals surface area contributed by atoms with Crippen LogP contribution < -0.4 is 9.68 Å². The predicted molar refractivity (Wildman–Crippen MR) is 210 cm³/mol. The number of benzene rings is 2. The quantitative estimate of drug-likeness (QED) is 0.143. The lowest BCUT2D eigenvalue weighted by molar-refractivity contribution is -0.150. The molecule has 0 bridgehead atoms. The van der Waals surface area contributed by atoms with Crippen LogP contribution in [0.2, 0.25) is 10.3 Å². The molecule has 54 heavy (non-hydrogen) atoms. The van der Waals surface area contributed by atoms with E-state index in [0.717, 1.165) is 111 Å². The van der Waals surface area contributed by atoms with Gasteiger partial charge in [0.05, 0.1) is 37.1 Å². The van der Waals surface area contributed by atoms with Crippen LogP contribution >= 0.6 is 23.2 Å². The Bertz CT molecular complexity index is 1900. The van der Waals surface area contributed by atoms with Gasteiger partial charge < -0.3 is 19.1 Å². The van der Waals surface area contributed by atoms with Gasteiger partial charge in [-0.1, -0.05) is 61.3 Å². The van der Waals surface area contributed by atoms with Gasteiger partial charge in [-0.25, -0.2) is 9.59 Å². The van der Waals surface area contributed by atoms with Crippen LogP contribution in [-0.2, 0) is 31.9 Å². The minimum Gasteiger partial charge on any atom is -0.384 e. The van der Waals surface area contributed by atoms with Crippen molar-refractivity contribution in [2.45, 2.75) is 89.1 Å². The number of carbonyl (C=O) groups is 2. The van der Waals surface area contributed by atoms with Gasteiger partial charge in [-0.3, -0.25) is 9.80 Å².